The Morgan fingerprint density at radius 2 is 2.10 bits per heavy atom. The van der Waals surface area contributed by atoms with Crippen LogP contribution in [-0.2, 0) is 14.4 Å². The Morgan fingerprint density at radius 3 is 2.86 bits per heavy atom. The van der Waals surface area contributed by atoms with E-state index >= 15 is 0 Å². The molecule has 2 fully saturated rings. The van der Waals surface area contributed by atoms with Crippen molar-refractivity contribution in [1.29, 1.82) is 0 Å². The largest absolute Gasteiger partial charge is 0.484 e. The fourth-order valence-corrected chi connectivity index (χ4v) is 3.49. The van der Waals surface area contributed by atoms with Gasteiger partial charge in [0.1, 0.15) is 17.2 Å². The molecule has 2 atom stereocenters. The SMILES string of the molecule is O=C1CS[C@@H]2C(NC(=O)COc3ccccc3)C(=O)N2C1. The van der Waals surface area contributed by atoms with Crippen molar-refractivity contribution in [2.75, 3.05) is 18.9 Å². The van der Waals surface area contributed by atoms with E-state index in [1.165, 1.54) is 16.7 Å². The van der Waals surface area contributed by atoms with Crippen LogP contribution in [0.5, 0.6) is 5.75 Å². The van der Waals surface area contributed by atoms with Gasteiger partial charge in [0, 0.05) is 0 Å². The van der Waals surface area contributed by atoms with E-state index in [-0.39, 0.29) is 36.1 Å². The van der Waals surface area contributed by atoms with Crippen LogP contribution in [0.1, 0.15) is 0 Å². The summed E-state index contributed by atoms with van der Waals surface area (Å²) in [7, 11) is 0. The molecule has 0 spiro atoms. The van der Waals surface area contributed by atoms with E-state index in [9.17, 15) is 14.4 Å². The number of nitrogens with zero attached hydrogens (tertiary/aromatic N) is 1. The number of hydrogen-bond acceptors (Lipinski definition) is 5. The highest BCUT2D eigenvalue weighted by atomic mass is 32.2. The maximum absolute atomic E-state index is 11.9. The number of ether oxygens (including phenoxy) is 1. The van der Waals surface area contributed by atoms with Gasteiger partial charge in [0.05, 0.1) is 12.3 Å². The van der Waals surface area contributed by atoms with E-state index < -0.39 is 6.04 Å². The number of amides is 2. The van der Waals surface area contributed by atoms with Crippen LogP contribution in [0.3, 0.4) is 0 Å². The molecule has 0 radical (unpaired) electrons. The number of rotatable bonds is 4. The van der Waals surface area contributed by atoms with Crippen molar-refractivity contribution < 1.29 is 19.1 Å². The summed E-state index contributed by atoms with van der Waals surface area (Å²) in [6.07, 6.45) is 0. The summed E-state index contributed by atoms with van der Waals surface area (Å²) in [5, 5.41) is 2.53. The van der Waals surface area contributed by atoms with Gasteiger partial charge in [0.15, 0.2) is 12.4 Å². The number of β-lactam (4-membered cyclic amide) rings is 1. The van der Waals surface area contributed by atoms with Crippen molar-refractivity contribution in [1.82, 2.24) is 10.2 Å². The quantitative estimate of drug-likeness (QED) is 0.795. The number of carbonyl (C=O) groups excluding carboxylic acids is 3. The third-order valence-electron chi connectivity index (χ3n) is 3.33. The minimum Gasteiger partial charge on any atom is -0.484 e. The first-order valence-electron chi connectivity index (χ1n) is 6.56. The molecule has 1 aromatic rings. The van der Waals surface area contributed by atoms with Crippen molar-refractivity contribution in [2.24, 2.45) is 0 Å². The number of para-hydroxylation sites is 1. The average molecular weight is 306 g/mol. The Kier molecular flexibility index (Phi) is 3.83. The van der Waals surface area contributed by atoms with Gasteiger partial charge in [0.2, 0.25) is 5.91 Å². The first-order valence-corrected chi connectivity index (χ1v) is 7.61. The van der Waals surface area contributed by atoms with E-state index in [1.807, 2.05) is 18.2 Å². The third-order valence-corrected chi connectivity index (χ3v) is 4.69. The number of thioether (sulfide) groups is 1. The Labute approximate surface area is 125 Å². The van der Waals surface area contributed by atoms with E-state index in [0.717, 1.165) is 0 Å². The zero-order valence-electron chi connectivity index (χ0n) is 11.2. The Bertz CT molecular complexity index is 578. The van der Waals surface area contributed by atoms with Crippen LogP contribution in [0, 0.1) is 0 Å². The van der Waals surface area contributed by atoms with E-state index in [0.29, 0.717) is 11.5 Å². The van der Waals surface area contributed by atoms with Gasteiger partial charge in [-0.25, -0.2) is 0 Å². The number of hydrogen-bond donors (Lipinski definition) is 1. The predicted octanol–water partition coefficient (Wildman–Crippen LogP) is 0.0344. The zero-order valence-corrected chi connectivity index (χ0v) is 12.0. The molecular weight excluding hydrogens is 292 g/mol. The van der Waals surface area contributed by atoms with Gasteiger partial charge >= 0.3 is 0 Å². The number of fused-ring (bicyclic) bond motifs is 1. The van der Waals surface area contributed by atoms with Crippen LogP contribution in [0.25, 0.3) is 0 Å². The van der Waals surface area contributed by atoms with Crippen molar-refractivity contribution in [3.8, 4) is 5.75 Å². The first-order chi connectivity index (χ1) is 10.1. The molecule has 2 aliphatic heterocycles. The molecular formula is C14H14N2O4S. The molecule has 1 aromatic carbocycles. The van der Waals surface area contributed by atoms with E-state index in [2.05, 4.69) is 5.32 Å². The molecule has 3 rings (SSSR count). The number of benzene rings is 1. The molecule has 2 amide bonds. The molecule has 0 aromatic heterocycles. The fourth-order valence-electron chi connectivity index (χ4n) is 2.31. The summed E-state index contributed by atoms with van der Waals surface area (Å²) in [6, 6.07) is 8.45. The van der Waals surface area contributed by atoms with Gasteiger partial charge in [0.25, 0.3) is 5.91 Å². The topological polar surface area (TPSA) is 75.7 Å². The van der Waals surface area contributed by atoms with Crippen LogP contribution >= 0.6 is 11.8 Å². The summed E-state index contributed by atoms with van der Waals surface area (Å²) < 4.78 is 5.33. The molecule has 1 unspecified atom stereocenters. The standard InChI is InChI=1S/C14H14N2O4S/c17-9-6-16-13(19)12(14(16)21-8-9)15-11(18)7-20-10-4-2-1-3-5-10/h1-5,12,14H,6-8H2,(H,15,18)/t12?,14-/m1/s1. The van der Waals surface area contributed by atoms with Gasteiger partial charge < -0.3 is 15.0 Å². The van der Waals surface area contributed by atoms with E-state index in [4.69, 9.17) is 4.74 Å². The van der Waals surface area contributed by atoms with Gasteiger partial charge in [-0.15, -0.1) is 11.8 Å². The minimum atomic E-state index is -0.546. The van der Waals surface area contributed by atoms with Gasteiger partial charge in [-0.2, -0.15) is 0 Å². The highest BCUT2D eigenvalue weighted by Gasteiger charge is 2.51. The van der Waals surface area contributed by atoms with Crippen LogP contribution < -0.4 is 10.1 Å². The highest BCUT2D eigenvalue weighted by molar-refractivity contribution is 8.00. The second-order valence-electron chi connectivity index (χ2n) is 4.85. The lowest BCUT2D eigenvalue weighted by Gasteiger charge is -2.48. The van der Waals surface area contributed by atoms with E-state index in [1.54, 1.807) is 12.1 Å². The van der Waals surface area contributed by atoms with Crippen molar-refractivity contribution >= 4 is 29.4 Å². The summed E-state index contributed by atoms with van der Waals surface area (Å²) in [5.74, 6) is 0.498. The van der Waals surface area contributed by atoms with Crippen molar-refractivity contribution in [2.45, 2.75) is 11.4 Å². The molecule has 21 heavy (non-hydrogen) atoms. The lowest BCUT2D eigenvalue weighted by atomic mass is 10.1. The molecule has 2 saturated heterocycles. The van der Waals surface area contributed by atoms with Gasteiger partial charge in [-0.05, 0) is 12.1 Å². The highest BCUT2D eigenvalue weighted by Crippen LogP contribution is 2.33. The summed E-state index contributed by atoms with van der Waals surface area (Å²) >= 11 is 1.39. The summed E-state index contributed by atoms with van der Waals surface area (Å²) in [6.45, 7) is 0.0213. The summed E-state index contributed by atoms with van der Waals surface area (Å²) in [5.41, 5.74) is 0. The van der Waals surface area contributed by atoms with Crippen LogP contribution in [0.4, 0.5) is 0 Å². The molecule has 7 heteroatoms. The second kappa shape index (κ2) is 5.77. The number of carbonyl (C=O) groups is 3. The normalized spacial score (nSPS) is 24.1. The smallest absolute Gasteiger partial charge is 0.258 e. The molecule has 110 valence electrons. The molecule has 2 heterocycles. The maximum Gasteiger partial charge on any atom is 0.258 e. The van der Waals surface area contributed by atoms with Crippen LogP contribution in [-0.4, -0.2) is 52.8 Å². The minimum absolute atomic E-state index is 0.0433. The summed E-state index contributed by atoms with van der Waals surface area (Å²) in [4.78, 5) is 36.4. The molecule has 6 nitrogen and oxygen atoms in total. The fraction of sp³-hybridized carbons (Fsp3) is 0.357. The second-order valence-corrected chi connectivity index (χ2v) is 5.96. The number of Topliss-reactive ketones (excluding diaryl/α,β-unsaturated/α-hetero) is 1. The number of ketones is 1. The Balaban J connectivity index is 1.49. The molecule has 0 aliphatic carbocycles. The van der Waals surface area contributed by atoms with Crippen molar-refractivity contribution in [3.05, 3.63) is 30.3 Å². The Hall–Kier alpha value is -2.02. The molecule has 2 aliphatic rings. The molecule has 0 saturated carbocycles. The maximum atomic E-state index is 11.9. The van der Waals surface area contributed by atoms with Crippen molar-refractivity contribution in [3.63, 3.8) is 0 Å². The van der Waals surface area contributed by atoms with Gasteiger partial charge in [-0.1, -0.05) is 18.2 Å². The molecule has 0 bridgehead atoms. The van der Waals surface area contributed by atoms with Gasteiger partial charge in [-0.3, -0.25) is 14.4 Å². The molecule has 1 N–H and O–H groups in total. The number of nitrogens with one attached hydrogen (secondary N) is 1. The zero-order chi connectivity index (χ0) is 14.8. The lowest BCUT2D eigenvalue weighted by Crippen LogP contribution is -2.72. The monoisotopic (exact) mass is 306 g/mol. The van der Waals surface area contributed by atoms with Crippen LogP contribution in [0.15, 0.2) is 30.3 Å². The third kappa shape index (κ3) is 2.87. The first kappa shape index (κ1) is 13.9. The lowest BCUT2D eigenvalue weighted by molar-refractivity contribution is -0.151. The predicted molar refractivity (Wildman–Crippen MR) is 76.8 cm³/mol. The van der Waals surface area contributed by atoms with Crippen LogP contribution in [0.2, 0.25) is 0 Å². The Morgan fingerprint density at radius 1 is 1.33 bits per heavy atom. The average Bonchev–Trinajstić information content (AvgIpc) is 2.51.